The van der Waals surface area contributed by atoms with Crippen molar-refractivity contribution >= 4 is 24.0 Å². The van der Waals surface area contributed by atoms with Crippen LogP contribution in [0.3, 0.4) is 0 Å². The number of methoxy groups -OCH3 is 1. The van der Waals surface area contributed by atoms with Gasteiger partial charge in [-0.1, -0.05) is 23.7 Å². The number of benzene rings is 2. The van der Waals surface area contributed by atoms with Gasteiger partial charge in [-0.2, -0.15) is 0 Å². The molecule has 1 heterocycles. The van der Waals surface area contributed by atoms with Gasteiger partial charge in [0, 0.05) is 13.1 Å². The highest BCUT2D eigenvalue weighted by Crippen LogP contribution is 2.33. The first-order chi connectivity index (χ1) is 11.7. The molecular weight excluding hydrogens is 368 g/mol. The third kappa shape index (κ3) is 4.98. The van der Waals surface area contributed by atoms with Crippen LogP contribution in [0.5, 0.6) is 11.5 Å². The molecule has 2 atom stereocenters. The van der Waals surface area contributed by atoms with Gasteiger partial charge in [0.1, 0.15) is 23.4 Å². The molecule has 7 heteroatoms. The monoisotopic (exact) mass is 387 g/mol. The van der Waals surface area contributed by atoms with Gasteiger partial charge < -0.3 is 19.5 Å². The van der Waals surface area contributed by atoms with Gasteiger partial charge in [-0.05, 0) is 35.9 Å². The van der Waals surface area contributed by atoms with E-state index >= 15 is 0 Å². The maximum atomic E-state index is 13.3. The van der Waals surface area contributed by atoms with Crippen molar-refractivity contribution in [2.75, 3.05) is 26.8 Å². The first-order valence-corrected chi connectivity index (χ1v) is 8.13. The Morgan fingerprint density at radius 1 is 1.28 bits per heavy atom. The Kier molecular flexibility index (Phi) is 7.32. The molecule has 136 valence electrons. The second kappa shape index (κ2) is 9.25. The second-order valence-electron chi connectivity index (χ2n) is 5.50. The number of ether oxygens (including phenoxy) is 3. The summed E-state index contributed by atoms with van der Waals surface area (Å²) in [6.07, 6.45) is -0.581. The Labute approximate surface area is 157 Å². The number of morpholine rings is 1. The molecule has 0 saturated carbocycles. The highest BCUT2D eigenvalue weighted by Gasteiger charge is 2.29. The molecule has 1 aliphatic heterocycles. The quantitative estimate of drug-likeness (QED) is 0.840. The topological polar surface area (TPSA) is 39.7 Å². The van der Waals surface area contributed by atoms with Crippen molar-refractivity contribution in [2.45, 2.75) is 12.2 Å². The van der Waals surface area contributed by atoms with Crippen molar-refractivity contribution in [2.24, 2.45) is 0 Å². The van der Waals surface area contributed by atoms with Gasteiger partial charge in [-0.25, -0.2) is 4.39 Å². The summed E-state index contributed by atoms with van der Waals surface area (Å²) in [6.45, 7) is 2.06. The molecule has 0 aromatic heterocycles. The van der Waals surface area contributed by atoms with Crippen molar-refractivity contribution in [3.8, 4) is 11.5 Å². The molecule has 1 saturated heterocycles. The van der Waals surface area contributed by atoms with Gasteiger partial charge in [0.25, 0.3) is 0 Å². The van der Waals surface area contributed by atoms with Crippen molar-refractivity contribution in [3.63, 3.8) is 0 Å². The Bertz CT molecular complexity index is 696. The lowest BCUT2D eigenvalue weighted by molar-refractivity contribution is -0.0432. The molecule has 25 heavy (non-hydrogen) atoms. The Morgan fingerprint density at radius 2 is 2.12 bits per heavy atom. The third-order valence-electron chi connectivity index (χ3n) is 3.86. The Balaban J connectivity index is 0.00000225. The number of hydrogen-bond acceptors (Lipinski definition) is 4. The van der Waals surface area contributed by atoms with E-state index in [-0.39, 0.29) is 23.5 Å². The molecule has 0 radical (unpaired) electrons. The van der Waals surface area contributed by atoms with E-state index in [2.05, 4.69) is 5.32 Å². The fraction of sp³-hybridized carbons (Fsp3) is 0.333. The van der Waals surface area contributed by atoms with Crippen LogP contribution in [-0.4, -0.2) is 32.9 Å². The molecule has 0 bridgehead atoms. The highest BCUT2D eigenvalue weighted by molar-refractivity contribution is 6.32. The lowest BCUT2D eigenvalue weighted by atomic mass is 10.0. The smallest absolute Gasteiger partial charge is 0.151 e. The van der Waals surface area contributed by atoms with Crippen LogP contribution in [0.2, 0.25) is 5.02 Å². The Morgan fingerprint density at radius 3 is 2.80 bits per heavy atom. The van der Waals surface area contributed by atoms with Crippen LogP contribution in [0, 0.1) is 5.82 Å². The molecule has 4 nitrogen and oxygen atoms in total. The first-order valence-electron chi connectivity index (χ1n) is 7.75. The lowest BCUT2D eigenvalue weighted by Gasteiger charge is -2.32. The minimum absolute atomic E-state index is 0. The van der Waals surface area contributed by atoms with Crippen LogP contribution in [0.15, 0.2) is 42.5 Å². The zero-order chi connectivity index (χ0) is 16.9. The van der Waals surface area contributed by atoms with Crippen LogP contribution in [0.4, 0.5) is 4.39 Å². The van der Waals surface area contributed by atoms with E-state index < -0.39 is 11.9 Å². The van der Waals surface area contributed by atoms with Gasteiger partial charge in [0.05, 0.1) is 18.7 Å². The van der Waals surface area contributed by atoms with Gasteiger partial charge in [0.2, 0.25) is 0 Å². The molecule has 0 aliphatic carbocycles. The normalized spacial score (nSPS) is 18.1. The summed E-state index contributed by atoms with van der Waals surface area (Å²) in [6, 6.07) is 11.7. The fourth-order valence-corrected chi connectivity index (χ4v) is 2.88. The molecule has 1 N–H and O–H groups in total. The van der Waals surface area contributed by atoms with Crippen LogP contribution >= 0.6 is 24.0 Å². The molecule has 0 unspecified atom stereocenters. The summed E-state index contributed by atoms with van der Waals surface area (Å²) >= 11 is 6.11. The van der Waals surface area contributed by atoms with Crippen molar-refractivity contribution in [1.82, 2.24) is 5.32 Å². The summed E-state index contributed by atoms with van der Waals surface area (Å²) in [7, 11) is 1.62. The van der Waals surface area contributed by atoms with E-state index in [0.717, 1.165) is 17.9 Å². The summed E-state index contributed by atoms with van der Waals surface area (Å²) in [5.74, 6) is 0.746. The van der Waals surface area contributed by atoms with Gasteiger partial charge >= 0.3 is 0 Å². The molecule has 1 fully saturated rings. The van der Waals surface area contributed by atoms with Crippen LogP contribution in [0.1, 0.15) is 11.7 Å². The fourth-order valence-electron chi connectivity index (χ4n) is 2.66. The van der Waals surface area contributed by atoms with E-state index in [9.17, 15) is 4.39 Å². The van der Waals surface area contributed by atoms with Crippen molar-refractivity contribution in [1.29, 1.82) is 0 Å². The largest absolute Gasteiger partial charge is 0.497 e. The molecule has 3 rings (SSSR count). The minimum Gasteiger partial charge on any atom is -0.497 e. The summed E-state index contributed by atoms with van der Waals surface area (Å²) < 4.78 is 30.5. The zero-order valence-electron chi connectivity index (χ0n) is 13.7. The first kappa shape index (κ1) is 19.8. The van der Waals surface area contributed by atoms with E-state index in [0.29, 0.717) is 18.9 Å². The van der Waals surface area contributed by atoms with E-state index in [4.69, 9.17) is 25.8 Å². The van der Waals surface area contributed by atoms with E-state index in [1.165, 1.54) is 18.2 Å². The third-order valence-corrected chi connectivity index (χ3v) is 4.16. The standard InChI is InChI=1S/C18H19ClFNO3.ClH/c1-22-14-4-2-3-12(9-14)18(17-11-21-7-8-23-17)24-16-6-5-13(20)10-15(16)19;/h2-6,9-10,17-18,21H,7-8,11H2,1H3;1H/t17-,18-;/m0./s1. The number of halogens is 3. The highest BCUT2D eigenvalue weighted by atomic mass is 35.5. The van der Waals surface area contributed by atoms with Gasteiger partial charge in [-0.3, -0.25) is 0 Å². The molecule has 2 aromatic rings. The second-order valence-corrected chi connectivity index (χ2v) is 5.91. The van der Waals surface area contributed by atoms with E-state index in [1.54, 1.807) is 7.11 Å². The SMILES string of the molecule is COc1cccc([C@H](Oc2ccc(F)cc2Cl)[C@@H]2CNCCO2)c1.Cl. The molecule has 0 spiro atoms. The van der Waals surface area contributed by atoms with Gasteiger partial charge in [-0.15, -0.1) is 12.4 Å². The number of hydrogen-bond donors (Lipinski definition) is 1. The average Bonchev–Trinajstić information content (AvgIpc) is 2.62. The predicted octanol–water partition coefficient (Wildman–Crippen LogP) is 4.02. The van der Waals surface area contributed by atoms with Crippen LogP contribution in [0.25, 0.3) is 0 Å². The van der Waals surface area contributed by atoms with Crippen LogP contribution in [-0.2, 0) is 4.74 Å². The molecular formula is C18H20Cl2FNO3. The van der Waals surface area contributed by atoms with Crippen LogP contribution < -0.4 is 14.8 Å². The maximum Gasteiger partial charge on any atom is 0.151 e. The average molecular weight is 388 g/mol. The van der Waals surface area contributed by atoms with Crippen molar-refractivity contribution < 1.29 is 18.6 Å². The number of rotatable bonds is 5. The summed E-state index contributed by atoms with van der Waals surface area (Å²) in [4.78, 5) is 0. The molecule has 1 aliphatic rings. The molecule has 0 amide bonds. The summed E-state index contributed by atoms with van der Waals surface area (Å²) in [5, 5.41) is 3.52. The summed E-state index contributed by atoms with van der Waals surface area (Å²) in [5.41, 5.74) is 0.906. The zero-order valence-corrected chi connectivity index (χ0v) is 15.3. The number of nitrogens with one attached hydrogen (secondary N) is 1. The minimum atomic E-state index is -0.402. The molecule has 2 aromatic carbocycles. The lowest BCUT2D eigenvalue weighted by Crippen LogP contribution is -2.43. The maximum absolute atomic E-state index is 13.3. The van der Waals surface area contributed by atoms with Gasteiger partial charge in [0.15, 0.2) is 6.10 Å². The predicted molar refractivity (Wildman–Crippen MR) is 97.6 cm³/mol. The van der Waals surface area contributed by atoms with E-state index in [1.807, 2.05) is 24.3 Å². The van der Waals surface area contributed by atoms with Crippen molar-refractivity contribution in [3.05, 3.63) is 58.9 Å². The Hall–Kier alpha value is -1.53.